The van der Waals surface area contributed by atoms with Crippen molar-refractivity contribution in [2.75, 3.05) is 0 Å². The van der Waals surface area contributed by atoms with E-state index < -0.39 is 0 Å². The molecule has 1 aromatic rings. The van der Waals surface area contributed by atoms with Gasteiger partial charge in [-0.3, -0.25) is 0 Å². The second-order valence-corrected chi connectivity index (χ2v) is 5.23. The van der Waals surface area contributed by atoms with Gasteiger partial charge in [0.25, 0.3) is 0 Å². The molecular weight excluding hydrogens is 254 g/mol. The predicted octanol–water partition coefficient (Wildman–Crippen LogP) is 2.54. The number of halogens is 1. The fourth-order valence-electron chi connectivity index (χ4n) is 2.37. The van der Waals surface area contributed by atoms with Crippen LogP contribution in [0.2, 0.25) is 0 Å². The van der Waals surface area contributed by atoms with Crippen LogP contribution in [-0.2, 0) is 18.4 Å². The van der Waals surface area contributed by atoms with Crippen LogP contribution in [0.5, 0.6) is 0 Å². The molecule has 0 aromatic carbocycles. The van der Waals surface area contributed by atoms with Crippen molar-refractivity contribution in [3.63, 3.8) is 0 Å². The van der Waals surface area contributed by atoms with Crippen molar-refractivity contribution in [1.29, 1.82) is 5.26 Å². The van der Waals surface area contributed by atoms with Gasteiger partial charge in [-0.15, -0.1) is 0 Å². The molecule has 1 fully saturated rings. The minimum absolute atomic E-state index is 0.252. The molecule has 3 rings (SSSR count). The van der Waals surface area contributed by atoms with Crippen LogP contribution < -0.4 is 0 Å². The lowest BCUT2D eigenvalue weighted by Gasteiger charge is -2.18. The molecule has 0 atom stereocenters. The van der Waals surface area contributed by atoms with Crippen LogP contribution in [0.1, 0.15) is 37.2 Å². The summed E-state index contributed by atoms with van der Waals surface area (Å²) < 4.78 is 3.22. The molecule has 1 aliphatic carbocycles. The summed E-state index contributed by atoms with van der Waals surface area (Å²) in [7, 11) is 0. The highest BCUT2D eigenvalue weighted by atomic mass is 79.9. The molecule has 3 nitrogen and oxygen atoms in total. The number of hydrogen-bond donors (Lipinski definition) is 0. The smallest absolute Gasteiger partial charge is 0.130 e. The zero-order chi connectivity index (χ0) is 10.5. The summed E-state index contributed by atoms with van der Waals surface area (Å²) >= 11 is 3.51. The molecule has 2 aliphatic rings. The van der Waals surface area contributed by atoms with Gasteiger partial charge in [0.05, 0.1) is 11.8 Å². The van der Waals surface area contributed by atoms with Crippen LogP contribution in [-0.4, -0.2) is 9.55 Å². The van der Waals surface area contributed by atoms with Gasteiger partial charge in [0.1, 0.15) is 15.8 Å². The normalized spacial score (nSPS) is 21.9. The Morgan fingerprint density at radius 3 is 2.87 bits per heavy atom. The van der Waals surface area contributed by atoms with E-state index >= 15 is 0 Å². The number of nitriles is 1. The van der Waals surface area contributed by atoms with Crippen molar-refractivity contribution in [2.24, 2.45) is 0 Å². The van der Waals surface area contributed by atoms with E-state index in [1.807, 2.05) is 0 Å². The minimum Gasteiger partial charge on any atom is -0.330 e. The average Bonchev–Trinajstić information content (AvgIpc) is 3.00. The van der Waals surface area contributed by atoms with E-state index in [1.165, 1.54) is 18.5 Å². The van der Waals surface area contributed by atoms with E-state index in [1.54, 1.807) is 0 Å². The highest BCUT2D eigenvalue weighted by molar-refractivity contribution is 9.10. The van der Waals surface area contributed by atoms with Gasteiger partial charge in [0.15, 0.2) is 0 Å². The maximum absolute atomic E-state index is 9.20. The van der Waals surface area contributed by atoms with Crippen molar-refractivity contribution >= 4 is 15.9 Å². The highest BCUT2D eigenvalue weighted by Gasteiger charge is 2.49. The lowest BCUT2D eigenvalue weighted by atomic mass is 10.1. The van der Waals surface area contributed by atoms with E-state index in [0.717, 1.165) is 36.2 Å². The molecule has 0 unspecified atom stereocenters. The summed E-state index contributed by atoms with van der Waals surface area (Å²) in [5.41, 5.74) is 1.04. The zero-order valence-corrected chi connectivity index (χ0v) is 10.0. The van der Waals surface area contributed by atoms with Crippen LogP contribution in [0.25, 0.3) is 0 Å². The summed E-state index contributed by atoms with van der Waals surface area (Å²) in [5.74, 6) is 1.01. The molecule has 0 radical (unpaired) electrons. The highest BCUT2D eigenvalue weighted by Crippen LogP contribution is 2.48. The lowest BCUT2D eigenvalue weighted by molar-refractivity contribution is 0.504. The largest absolute Gasteiger partial charge is 0.330 e. The first-order valence-corrected chi connectivity index (χ1v) is 6.23. The third-order valence-corrected chi connectivity index (χ3v) is 4.10. The molecule has 0 N–H and O–H groups in total. The molecule has 15 heavy (non-hydrogen) atoms. The third-order valence-electron chi connectivity index (χ3n) is 3.46. The second kappa shape index (κ2) is 3.08. The van der Waals surface area contributed by atoms with Crippen molar-refractivity contribution in [3.05, 3.63) is 16.1 Å². The standard InChI is InChI=1S/C11H12BrN3/c12-9-8-3-1-2-6-15(8)10(14-9)11(7-13)4-5-11/h1-6H2. The summed E-state index contributed by atoms with van der Waals surface area (Å²) in [6.07, 6.45) is 5.50. The maximum Gasteiger partial charge on any atom is 0.130 e. The minimum atomic E-state index is -0.252. The Hall–Kier alpha value is -0.820. The molecule has 2 heterocycles. The van der Waals surface area contributed by atoms with Crippen LogP contribution in [0.3, 0.4) is 0 Å². The van der Waals surface area contributed by atoms with Crippen LogP contribution in [0, 0.1) is 11.3 Å². The molecule has 0 spiro atoms. The second-order valence-electron chi connectivity index (χ2n) is 4.48. The number of hydrogen-bond acceptors (Lipinski definition) is 2. The Morgan fingerprint density at radius 1 is 1.40 bits per heavy atom. The van der Waals surface area contributed by atoms with Gasteiger partial charge in [0, 0.05) is 6.54 Å². The topological polar surface area (TPSA) is 41.6 Å². The van der Waals surface area contributed by atoms with Gasteiger partial charge >= 0.3 is 0 Å². The van der Waals surface area contributed by atoms with E-state index in [-0.39, 0.29) is 5.41 Å². The van der Waals surface area contributed by atoms with Crippen molar-refractivity contribution in [2.45, 2.75) is 44.1 Å². The maximum atomic E-state index is 9.20. The number of nitrogens with zero attached hydrogens (tertiary/aromatic N) is 3. The number of fused-ring (bicyclic) bond motifs is 1. The molecule has 78 valence electrons. The quantitative estimate of drug-likeness (QED) is 0.783. The van der Waals surface area contributed by atoms with Crippen LogP contribution in [0.15, 0.2) is 4.60 Å². The Labute approximate surface area is 97.2 Å². The monoisotopic (exact) mass is 265 g/mol. The van der Waals surface area contributed by atoms with E-state index in [2.05, 4.69) is 31.6 Å². The number of imidazole rings is 1. The first-order chi connectivity index (χ1) is 7.27. The van der Waals surface area contributed by atoms with Gasteiger partial charge in [-0.25, -0.2) is 4.98 Å². The fraction of sp³-hybridized carbons (Fsp3) is 0.636. The van der Waals surface area contributed by atoms with E-state index in [9.17, 15) is 5.26 Å². The van der Waals surface area contributed by atoms with Crippen LogP contribution in [0.4, 0.5) is 0 Å². The average molecular weight is 266 g/mol. The lowest BCUT2D eigenvalue weighted by Crippen LogP contribution is -2.18. The fourth-order valence-corrected chi connectivity index (χ4v) is 2.95. The predicted molar refractivity (Wildman–Crippen MR) is 59.4 cm³/mol. The Kier molecular flexibility index (Phi) is 1.93. The van der Waals surface area contributed by atoms with Gasteiger partial charge in [0.2, 0.25) is 0 Å². The molecule has 1 aliphatic heterocycles. The van der Waals surface area contributed by atoms with Gasteiger partial charge < -0.3 is 4.57 Å². The van der Waals surface area contributed by atoms with Gasteiger partial charge in [-0.1, -0.05) is 0 Å². The molecule has 1 aromatic heterocycles. The SMILES string of the molecule is N#CC1(c2nc(Br)c3n2CCCC3)CC1. The van der Waals surface area contributed by atoms with E-state index in [0.29, 0.717) is 0 Å². The third kappa shape index (κ3) is 1.26. The first-order valence-electron chi connectivity index (χ1n) is 5.43. The number of aromatic nitrogens is 2. The van der Waals surface area contributed by atoms with E-state index in [4.69, 9.17) is 0 Å². The zero-order valence-electron chi connectivity index (χ0n) is 8.46. The van der Waals surface area contributed by atoms with Crippen molar-refractivity contribution in [1.82, 2.24) is 9.55 Å². The van der Waals surface area contributed by atoms with Crippen molar-refractivity contribution in [3.8, 4) is 6.07 Å². The summed E-state index contributed by atoms with van der Waals surface area (Å²) in [5, 5.41) is 9.20. The molecule has 0 saturated heterocycles. The summed E-state index contributed by atoms with van der Waals surface area (Å²) in [6, 6.07) is 2.43. The molecule has 0 amide bonds. The molecule has 1 saturated carbocycles. The number of rotatable bonds is 1. The van der Waals surface area contributed by atoms with Gasteiger partial charge in [-0.05, 0) is 48.0 Å². The summed E-state index contributed by atoms with van der Waals surface area (Å²) in [6.45, 7) is 1.03. The summed E-state index contributed by atoms with van der Waals surface area (Å²) in [4.78, 5) is 4.55. The van der Waals surface area contributed by atoms with Gasteiger partial charge in [-0.2, -0.15) is 5.26 Å². The molecular formula is C11H12BrN3. The molecule has 0 bridgehead atoms. The Morgan fingerprint density at radius 2 is 2.20 bits per heavy atom. The van der Waals surface area contributed by atoms with Crippen LogP contribution >= 0.6 is 15.9 Å². The first kappa shape index (κ1) is 9.41. The Bertz CT molecular complexity index is 451. The molecule has 4 heteroatoms. The van der Waals surface area contributed by atoms with Crippen molar-refractivity contribution < 1.29 is 0 Å². The Balaban J connectivity index is 2.13.